The second-order valence-electron chi connectivity index (χ2n) is 6.31. The van der Waals surface area contributed by atoms with Crippen molar-refractivity contribution in [3.05, 3.63) is 12.2 Å². The van der Waals surface area contributed by atoms with Gasteiger partial charge in [-0.2, -0.15) is 0 Å². The summed E-state index contributed by atoms with van der Waals surface area (Å²) in [5.41, 5.74) is 0.643. The van der Waals surface area contributed by atoms with E-state index in [-0.39, 0.29) is 5.78 Å². The van der Waals surface area contributed by atoms with Gasteiger partial charge in [-0.05, 0) is 31.3 Å². The smallest absolute Gasteiger partial charge is 0.282 e. The minimum Gasteiger partial charge on any atom is -0.331 e. The van der Waals surface area contributed by atoms with Crippen LogP contribution in [0.4, 0.5) is 0 Å². The van der Waals surface area contributed by atoms with Crippen LogP contribution in [-0.4, -0.2) is 33.1 Å². The van der Waals surface area contributed by atoms with E-state index in [9.17, 15) is 4.79 Å². The van der Waals surface area contributed by atoms with E-state index in [1.54, 1.807) is 28.3 Å². The molecule has 1 unspecified atom stereocenters. The molecule has 0 spiro atoms. The van der Waals surface area contributed by atoms with E-state index >= 15 is 0 Å². The first-order valence-electron chi connectivity index (χ1n) is 8.78. The van der Waals surface area contributed by atoms with Gasteiger partial charge in [0.05, 0.1) is 0 Å². The molecule has 4 nitrogen and oxygen atoms in total. The zero-order valence-electron chi connectivity index (χ0n) is 15.8. The minimum absolute atomic E-state index is 0.159. The molecular weight excluding hydrogens is 292 g/mol. The van der Waals surface area contributed by atoms with Crippen LogP contribution in [0, 0.1) is 5.92 Å². The van der Waals surface area contributed by atoms with Crippen LogP contribution in [0.5, 0.6) is 0 Å². The Hall–Kier alpha value is -0.710. The normalized spacial score (nSPS) is 13.1. The topological polar surface area (TPSA) is 44.8 Å². The van der Waals surface area contributed by atoms with Gasteiger partial charge in [0.1, 0.15) is 0 Å². The number of rotatable bonds is 15. The highest BCUT2D eigenvalue weighted by atomic mass is 16.9. The standard InChI is InChI=1S/C19H36O4/c1-7-8-9-10-12-17(13-11-14-18(20)16(2)3)15-19(21-4,22-5)23-6/h17H,2,7-15H2,1,3-6H3. The third-order valence-electron chi connectivity index (χ3n) is 4.43. The first kappa shape index (κ1) is 22.3. The summed E-state index contributed by atoms with van der Waals surface area (Å²) < 4.78 is 16.3. The molecular formula is C19H36O4. The fraction of sp³-hybridized carbons (Fsp3) is 0.842. The number of ether oxygens (including phenoxy) is 3. The highest BCUT2D eigenvalue weighted by molar-refractivity contribution is 5.93. The summed E-state index contributed by atoms with van der Waals surface area (Å²) in [5, 5.41) is 0. The Kier molecular flexibility index (Phi) is 12.3. The molecule has 23 heavy (non-hydrogen) atoms. The van der Waals surface area contributed by atoms with E-state index in [1.807, 2.05) is 0 Å². The highest BCUT2D eigenvalue weighted by Crippen LogP contribution is 2.30. The number of Topliss-reactive ketones (excluding diaryl/α,β-unsaturated/α-hetero) is 1. The summed E-state index contributed by atoms with van der Waals surface area (Å²) in [7, 11) is 4.81. The van der Waals surface area contributed by atoms with Gasteiger partial charge in [0.25, 0.3) is 5.97 Å². The van der Waals surface area contributed by atoms with Crippen molar-refractivity contribution in [1.29, 1.82) is 0 Å². The van der Waals surface area contributed by atoms with E-state index in [1.165, 1.54) is 25.7 Å². The number of hydrogen-bond donors (Lipinski definition) is 0. The molecule has 0 aliphatic carbocycles. The van der Waals surface area contributed by atoms with Crippen molar-refractivity contribution < 1.29 is 19.0 Å². The Morgan fingerprint density at radius 3 is 2.04 bits per heavy atom. The molecule has 0 saturated carbocycles. The van der Waals surface area contributed by atoms with Gasteiger partial charge >= 0.3 is 0 Å². The molecule has 0 fully saturated rings. The van der Waals surface area contributed by atoms with Crippen molar-refractivity contribution >= 4 is 5.78 Å². The Bertz CT molecular complexity index is 326. The van der Waals surface area contributed by atoms with Crippen LogP contribution in [0.2, 0.25) is 0 Å². The van der Waals surface area contributed by atoms with E-state index in [0.29, 0.717) is 24.3 Å². The van der Waals surface area contributed by atoms with Crippen LogP contribution >= 0.6 is 0 Å². The maximum Gasteiger partial charge on any atom is 0.282 e. The lowest BCUT2D eigenvalue weighted by atomic mass is 9.90. The van der Waals surface area contributed by atoms with Gasteiger partial charge in [-0.15, -0.1) is 0 Å². The molecule has 4 heteroatoms. The molecule has 0 aromatic heterocycles. The molecule has 0 aliphatic rings. The number of carbonyl (C=O) groups is 1. The first-order chi connectivity index (χ1) is 10.9. The van der Waals surface area contributed by atoms with Crippen molar-refractivity contribution in [1.82, 2.24) is 0 Å². The fourth-order valence-electron chi connectivity index (χ4n) is 2.83. The molecule has 0 rings (SSSR count). The summed E-state index contributed by atoms with van der Waals surface area (Å²) in [6.07, 6.45) is 9.16. The van der Waals surface area contributed by atoms with Crippen molar-refractivity contribution in [2.24, 2.45) is 5.92 Å². The maximum atomic E-state index is 11.7. The van der Waals surface area contributed by atoms with Crippen LogP contribution in [0.1, 0.15) is 71.6 Å². The Morgan fingerprint density at radius 1 is 1.00 bits per heavy atom. The van der Waals surface area contributed by atoms with Gasteiger partial charge in [-0.1, -0.05) is 45.6 Å². The molecule has 0 radical (unpaired) electrons. The molecule has 0 aromatic rings. The van der Waals surface area contributed by atoms with Crippen molar-refractivity contribution in [2.75, 3.05) is 21.3 Å². The third kappa shape index (κ3) is 9.23. The number of carbonyl (C=O) groups excluding carboxylic acids is 1. The van der Waals surface area contributed by atoms with Crippen LogP contribution in [0.3, 0.4) is 0 Å². The van der Waals surface area contributed by atoms with E-state index in [2.05, 4.69) is 13.5 Å². The Labute approximate surface area is 142 Å². The van der Waals surface area contributed by atoms with Gasteiger partial charge < -0.3 is 14.2 Å². The maximum absolute atomic E-state index is 11.7. The van der Waals surface area contributed by atoms with Crippen molar-refractivity contribution in [3.8, 4) is 0 Å². The summed E-state index contributed by atoms with van der Waals surface area (Å²) in [5.74, 6) is -0.399. The summed E-state index contributed by atoms with van der Waals surface area (Å²) in [4.78, 5) is 11.7. The van der Waals surface area contributed by atoms with Gasteiger partial charge in [0.2, 0.25) is 0 Å². The lowest BCUT2D eigenvalue weighted by Crippen LogP contribution is -2.38. The van der Waals surface area contributed by atoms with Crippen LogP contribution in [0.15, 0.2) is 12.2 Å². The molecule has 0 amide bonds. The van der Waals surface area contributed by atoms with Crippen molar-refractivity contribution in [2.45, 2.75) is 77.6 Å². The summed E-state index contributed by atoms with van der Waals surface area (Å²) in [6.45, 7) is 7.70. The van der Waals surface area contributed by atoms with Gasteiger partial charge in [-0.3, -0.25) is 4.79 Å². The second-order valence-corrected chi connectivity index (χ2v) is 6.31. The monoisotopic (exact) mass is 328 g/mol. The molecule has 0 bridgehead atoms. The highest BCUT2D eigenvalue weighted by Gasteiger charge is 2.32. The predicted molar refractivity (Wildman–Crippen MR) is 94.3 cm³/mol. The van der Waals surface area contributed by atoms with Crippen LogP contribution in [0.25, 0.3) is 0 Å². The number of hydrogen-bond acceptors (Lipinski definition) is 4. The molecule has 1 atom stereocenters. The summed E-state index contributed by atoms with van der Waals surface area (Å²) in [6, 6.07) is 0. The number of methoxy groups -OCH3 is 3. The lowest BCUT2D eigenvalue weighted by Gasteiger charge is -2.32. The number of ketones is 1. The van der Waals surface area contributed by atoms with E-state index in [4.69, 9.17) is 14.2 Å². The molecule has 0 aliphatic heterocycles. The van der Waals surface area contributed by atoms with Crippen LogP contribution in [-0.2, 0) is 19.0 Å². The fourth-order valence-corrected chi connectivity index (χ4v) is 2.83. The zero-order chi connectivity index (χ0) is 17.7. The molecule has 0 saturated heterocycles. The minimum atomic E-state index is -0.978. The molecule has 0 N–H and O–H groups in total. The van der Waals surface area contributed by atoms with E-state index in [0.717, 1.165) is 19.3 Å². The number of allylic oxidation sites excluding steroid dienone is 1. The quantitative estimate of drug-likeness (QED) is 0.244. The Morgan fingerprint density at radius 2 is 1.57 bits per heavy atom. The van der Waals surface area contributed by atoms with E-state index < -0.39 is 5.97 Å². The SMILES string of the molecule is C=C(C)C(=O)CCCC(CCCCCC)CC(OC)(OC)OC. The number of unbranched alkanes of at least 4 members (excludes halogenated alkanes) is 3. The predicted octanol–water partition coefficient (Wildman–Crippen LogP) is 4.87. The second kappa shape index (κ2) is 12.7. The molecule has 136 valence electrons. The average Bonchev–Trinajstić information content (AvgIpc) is 2.55. The average molecular weight is 328 g/mol. The lowest BCUT2D eigenvalue weighted by molar-refractivity contribution is -0.359. The van der Waals surface area contributed by atoms with Crippen LogP contribution < -0.4 is 0 Å². The largest absolute Gasteiger partial charge is 0.331 e. The Balaban J connectivity index is 4.54. The zero-order valence-corrected chi connectivity index (χ0v) is 15.8. The van der Waals surface area contributed by atoms with Crippen molar-refractivity contribution in [3.63, 3.8) is 0 Å². The molecule has 0 heterocycles. The third-order valence-corrected chi connectivity index (χ3v) is 4.43. The summed E-state index contributed by atoms with van der Waals surface area (Å²) >= 11 is 0. The van der Waals surface area contributed by atoms with Gasteiger partial charge in [-0.25, -0.2) is 0 Å². The first-order valence-corrected chi connectivity index (χ1v) is 8.78. The molecule has 0 aromatic carbocycles. The van der Waals surface area contributed by atoms with Gasteiger partial charge in [0.15, 0.2) is 5.78 Å². The van der Waals surface area contributed by atoms with Gasteiger partial charge in [0, 0.05) is 34.2 Å².